The lowest BCUT2D eigenvalue weighted by Crippen LogP contribution is -2.33. The number of carbonyl (C=O) groups excluding carboxylic acids is 1. The molecular weight excluding hydrogens is 389 g/mol. The molecular formula is C19H17ClFN3O2S. The fourth-order valence-corrected chi connectivity index (χ4v) is 4.47. The third kappa shape index (κ3) is 3.15. The predicted molar refractivity (Wildman–Crippen MR) is 104 cm³/mol. The lowest BCUT2D eigenvalue weighted by atomic mass is 10.1. The number of hydrogen-bond acceptors (Lipinski definition) is 4. The first-order chi connectivity index (χ1) is 12.9. The van der Waals surface area contributed by atoms with Gasteiger partial charge in [0.15, 0.2) is 0 Å². The molecule has 8 heteroatoms. The smallest absolute Gasteiger partial charge is 0.264 e. The summed E-state index contributed by atoms with van der Waals surface area (Å²) in [7, 11) is 1.63. The molecule has 1 saturated carbocycles. The minimum Gasteiger partial charge on any atom is -0.330 e. The second-order valence-corrected chi connectivity index (χ2v) is 8.17. The summed E-state index contributed by atoms with van der Waals surface area (Å²) in [5.74, 6) is -0.635. The van der Waals surface area contributed by atoms with E-state index in [1.165, 1.54) is 28.3 Å². The summed E-state index contributed by atoms with van der Waals surface area (Å²) in [6.07, 6.45) is 3.20. The average Bonchev–Trinajstić information content (AvgIpc) is 3.41. The lowest BCUT2D eigenvalue weighted by Gasteiger charge is -2.23. The van der Waals surface area contributed by atoms with Crippen LogP contribution in [0.2, 0.25) is 5.02 Å². The standard InChI is InChI=1S/C19H17ClFN3O2S/c1-10-15-17(22-9-23(2)18(15)25)27-16(10)19(26)24(11-6-7-11)8-12-13(20)4-3-5-14(12)21/h3-5,9,11H,6-8H2,1-2H3. The molecule has 4 rings (SSSR count). The van der Waals surface area contributed by atoms with Gasteiger partial charge in [0.25, 0.3) is 11.5 Å². The first kappa shape index (κ1) is 18.1. The molecule has 0 bridgehead atoms. The molecule has 2 heterocycles. The molecule has 0 radical (unpaired) electrons. The number of aryl methyl sites for hydroxylation is 2. The number of aromatic nitrogens is 2. The number of benzene rings is 1. The maximum absolute atomic E-state index is 14.2. The van der Waals surface area contributed by atoms with Crippen molar-refractivity contribution in [2.75, 3.05) is 0 Å². The summed E-state index contributed by atoms with van der Waals surface area (Å²) in [6.45, 7) is 1.87. The SMILES string of the molecule is Cc1c(C(=O)N(Cc2c(F)cccc2Cl)C2CC2)sc2ncn(C)c(=O)c12. The third-order valence-electron chi connectivity index (χ3n) is 4.84. The number of hydrogen-bond donors (Lipinski definition) is 0. The normalized spacial score (nSPS) is 13.9. The van der Waals surface area contributed by atoms with Crippen LogP contribution < -0.4 is 5.56 Å². The summed E-state index contributed by atoms with van der Waals surface area (Å²) >= 11 is 7.36. The fraction of sp³-hybridized carbons (Fsp3) is 0.316. The van der Waals surface area contributed by atoms with Crippen LogP contribution in [-0.4, -0.2) is 26.4 Å². The van der Waals surface area contributed by atoms with E-state index >= 15 is 0 Å². The zero-order chi connectivity index (χ0) is 19.3. The molecule has 1 fully saturated rings. The van der Waals surface area contributed by atoms with Crippen molar-refractivity contribution in [2.24, 2.45) is 7.05 Å². The Morgan fingerprint density at radius 3 is 2.85 bits per heavy atom. The van der Waals surface area contributed by atoms with Crippen LogP contribution in [0.5, 0.6) is 0 Å². The van der Waals surface area contributed by atoms with E-state index in [1.54, 1.807) is 31.0 Å². The van der Waals surface area contributed by atoms with Gasteiger partial charge in [0.05, 0.1) is 23.1 Å². The van der Waals surface area contributed by atoms with Gasteiger partial charge in [-0.3, -0.25) is 9.59 Å². The quantitative estimate of drug-likeness (QED) is 0.661. The maximum atomic E-state index is 14.2. The van der Waals surface area contributed by atoms with Gasteiger partial charge >= 0.3 is 0 Å². The fourth-order valence-electron chi connectivity index (χ4n) is 3.15. The summed E-state index contributed by atoms with van der Waals surface area (Å²) in [4.78, 5) is 32.6. The van der Waals surface area contributed by atoms with Gasteiger partial charge in [0.1, 0.15) is 10.6 Å². The molecule has 140 valence electrons. The van der Waals surface area contributed by atoms with E-state index in [-0.39, 0.29) is 24.1 Å². The van der Waals surface area contributed by atoms with E-state index in [1.807, 2.05) is 0 Å². The van der Waals surface area contributed by atoms with Gasteiger partial charge in [-0.2, -0.15) is 0 Å². The Kier molecular flexibility index (Phi) is 4.52. The summed E-state index contributed by atoms with van der Waals surface area (Å²) in [5, 5.41) is 0.769. The molecule has 0 saturated heterocycles. The molecule has 0 unspecified atom stereocenters. The Morgan fingerprint density at radius 2 is 2.19 bits per heavy atom. The van der Waals surface area contributed by atoms with Crippen LogP contribution in [0.15, 0.2) is 29.3 Å². The average molecular weight is 406 g/mol. The molecule has 3 aromatic rings. The molecule has 0 spiro atoms. The van der Waals surface area contributed by atoms with Crippen molar-refractivity contribution in [2.45, 2.75) is 32.4 Å². The largest absolute Gasteiger partial charge is 0.330 e. The van der Waals surface area contributed by atoms with Crippen LogP contribution in [0, 0.1) is 12.7 Å². The van der Waals surface area contributed by atoms with E-state index in [0.717, 1.165) is 12.8 Å². The lowest BCUT2D eigenvalue weighted by molar-refractivity contribution is 0.0733. The van der Waals surface area contributed by atoms with Gasteiger partial charge in [0.2, 0.25) is 0 Å². The summed E-state index contributed by atoms with van der Waals surface area (Å²) < 4.78 is 15.6. The molecule has 0 aliphatic heterocycles. The second kappa shape index (κ2) is 6.73. The van der Waals surface area contributed by atoms with Crippen molar-refractivity contribution in [1.29, 1.82) is 0 Å². The molecule has 0 N–H and O–H groups in total. The number of amides is 1. The van der Waals surface area contributed by atoms with E-state index in [0.29, 0.717) is 31.2 Å². The molecule has 1 aliphatic carbocycles. The highest BCUT2D eigenvalue weighted by molar-refractivity contribution is 7.20. The Morgan fingerprint density at radius 1 is 1.44 bits per heavy atom. The Balaban J connectivity index is 1.76. The number of thiophene rings is 1. The van der Waals surface area contributed by atoms with Crippen molar-refractivity contribution in [1.82, 2.24) is 14.5 Å². The van der Waals surface area contributed by atoms with Gasteiger partial charge in [0, 0.05) is 23.7 Å². The Hall–Kier alpha value is -2.25. The summed E-state index contributed by atoms with van der Waals surface area (Å²) in [6, 6.07) is 4.57. The topological polar surface area (TPSA) is 55.2 Å². The number of rotatable bonds is 4. The number of nitrogens with zero attached hydrogens (tertiary/aromatic N) is 3. The molecule has 1 aromatic carbocycles. The zero-order valence-corrected chi connectivity index (χ0v) is 16.4. The van der Waals surface area contributed by atoms with Crippen LogP contribution in [0.4, 0.5) is 4.39 Å². The maximum Gasteiger partial charge on any atom is 0.264 e. The van der Waals surface area contributed by atoms with E-state index in [2.05, 4.69) is 4.98 Å². The second-order valence-electron chi connectivity index (χ2n) is 6.76. The van der Waals surface area contributed by atoms with Crippen molar-refractivity contribution in [3.8, 4) is 0 Å². The molecule has 1 amide bonds. The van der Waals surface area contributed by atoms with E-state index < -0.39 is 5.82 Å². The van der Waals surface area contributed by atoms with Crippen LogP contribution in [-0.2, 0) is 13.6 Å². The minimum absolute atomic E-state index is 0.0635. The molecule has 27 heavy (non-hydrogen) atoms. The molecule has 1 aliphatic rings. The highest BCUT2D eigenvalue weighted by Crippen LogP contribution is 2.35. The zero-order valence-electron chi connectivity index (χ0n) is 14.8. The van der Waals surface area contributed by atoms with Crippen LogP contribution in [0.3, 0.4) is 0 Å². The highest BCUT2D eigenvalue weighted by atomic mass is 35.5. The van der Waals surface area contributed by atoms with Gasteiger partial charge in [-0.25, -0.2) is 9.37 Å². The number of carbonyl (C=O) groups is 1. The van der Waals surface area contributed by atoms with Gasteiger partial charge < -0.3 is 9.47 Å². The molecule has 5 nitrogen and oxygen atoms in total. The number of halogens is 2. The van der Waals surface area contributed by atoms with Gasteiger partial charge in [-0.1, -0.05) is 17.7 Å². The first-order valence-electron chi connectivity index (χ1n) is 8.57. The van der Waals surface area contributed by atoms with Crippen molar-refractivity contribution >= 4 is 39.1 Å². The highest BCUT2D eigenvalue weighted by Gasteiger charge is 2.35. The van der Waals surface area contributed by atoms with Crippen molar-refractivity contribution in [3.05, 3.63) is 61.7 Å². The number of fused-ring (bicyclic) bond motifs is 1. The van der Waals surface area contributed by atoms with Gasteiger partial charge in [-0.15, -0.1) is 11.3 Å². The van der Waals surface area contributed by atoms with E-state index in [9.17, 15) is 14.0 Å². The first-order valence-corrected chi connectivity index (χ1v) is 9.76. The van der Waals surface area contributed by atoms with Crippen LogP contribution in [0.25, 0.3) is 10.2 Å². The van der Waals surface area contributed by atoms with Crippen molar-refractivity contribution < 1.29 is 9.18 Å². The Bertz CT molecular complexity index is 1100. The Labute approximate surface area is 164 Å². The monoisotopic (exact) mass is 405 g/mol. The molecule has 0 atom stereocenters. The van der Waals surface area contributed by atoms with Crippen LogP contribution in [0.1, 0.15) is 33.6 Å². The third-order valence-corrected chi connectivity index (χ3v) is 6.39. The summed E-state index contributed by atoms with van der Waals surface area (Å²) in [5.41, 5.74) is 0.758. The van der Waals surface area contributed by atoms with Crippen molar-refractivity contribution in [3.63, 3.8) is 0 Å². The van der Waals surface area contributed by atoms with Crippen LogP contribution >= 0.6 is 22.9 Å². The van der Waals surface area contributed by atoms with E-state index in [4.69, 9.17) is 11.6 Å². The predicted octanol–water partition coefficient (Wildman–Crippen LogP) is 3.90. The molecule has 2 aromatic heterocycles. The van der Waals surface area contributed by atoms with Gasteiger partial charge in [-0.05, 0) is 37.5 Å². The minimum atomic E-state index is -0.426.